The number of rotatable bonds is 7. The maximum atomic E-state index is 6.51. The summed E-state index contributed by atoms with van der Waals surface area (Å²) in [6.07, 6.45) is 0. The van der Waals surface area contributed by atoms with Crippen molar-refractivity contribution < 1.29 is 4.42 Å². The molecule has 0 amide bonds. The highest BCUT2D eigenvalue weighted by Gasteiger charge is 2.26. The van der Waals surface area contributed by atoms with Gasteiger partial charge in [-0.3, -0.25) is 8.80 Å². The van der Waals surface area contributed by atoms with Gasteiger partial charge in [-0.25, -0.2) is 39.9 Å². The summed E-state index contributed by atoms with van der Waals surface area (Å²) in [7, 11) is 0. The molecular formula is C98H54N10O. The first-order valence-electron chi connectivity index (χ1n) is 36.7. The van der Waals surface area contributed by atoms with Crippen LogP contribution in [0, 0.1) is 0 Å². The summed E-state index contributed by atoms with van der Waals surface area (Å²) in [4.78, 5) is 43.6. The Morgan fingerprint density at radius 2 is 0.587 bits per heavy atom. The molecule has 0 saturated carbocycles. The van der Waals surface area contributed by atoms with Gasteiger partial charge in [0.15, 0.2) is 34.9 Å². The number of aromatic nitrogens is 10. The highest BCUT2D eigenvalue weighted by Crippen LogP contribution is 2.46. The fraction of sp³-hybridized carbons (Fsp3) is 0. The lowest BCUT2D eigenvalue weighted by Crippen LogP contribution is -2.01. The minimum absolute atomic E-state index is 0.530. The van der Waals surface area contributed by atoms with Crippen LogP contribution < -0.4 is 0 Å². The number of furan rings is 1. The summed E-state index contributed by atoms with van der Waals surface area (Å²) in [5.74, 6) is 3.37. The molecule has 7 aromatic heterocycles. The summed E-state index contributed by atoms with van der Waals surface area (Å²) < 4.78 is 11.1. The molecule has 11 heteroatoms. The molecule has 0 radical (unpaired) electrons. The van der Waals surface area contributed by atoms with Gasteiger partial charge in [0.1, 0.15) is 22.5 Å². The van der Waals surface area contributed by atoms with E-state index in [1.54, 1.807) is 0 Å². The van der Waals surface area contributed by atoms with Gasteiger partial charge in [-0.1, -0.05) is 261 Å². The highest BCUT2D eigenvalue weighted by atomic mass is 16.3. The van der Waals surface area contributed by atoms with Crippen molar-refractivity contribution in [3.8, 4) is 79.5 Å². The van der Waals surface area contributed by atoms with Crippen molar-refractivity contribution in [2.45, 2.75) is 0 Å². The Hall–Kier alpha value is -14.9. The number of para-hydroxylation sites is 3. The van der Waals surface area contributed by atoms with Gasteiger partial charge in [0.2, 0.25) is 0 Å². The third kappa shape index (κ3) is 8.80. The van der Waals surface area contributed by atoms with Crippen LogP contribution in [0.25, 0.3) is 243 Å². The predicted octanol–water partition coefficient (Wildman–Crippen LogP) is 24.8. The molecule has 24 rings (SSSR count). The summed E-state index contributed by atoms with van der Waals surface area (Å²) in [5.41, 5.74) is 16.3. The second-order valence-corrected chi connectivity index (χ2v) is 28.4. The first-order chi connectivity index (χ1) is 54.0. The van der Waals surface area contributed by atoms with E-state index in [1.807, 2.05) is 48.5 Å². The first-order valence-corrected chi connectivity index (χ1v) is 36.7. The third-order valence-corrected chi connectivity index (χ3v) is 22.5. The Morgan fingerprint density at radius 1 is 0.193 bits per heavy atom. The van der Waals surface area contributed by atoms with Crippen molar-refractivity contribution in [3.05, 3.63) is 328 Å². The van der Waals surface area contributed by atoms with Gasteiger partial charge in [-0.15, -0.1) is 0 Å². The Labute approximate surface area is 619 Å². The van der Waals surface area contributed by atoms with E-state index in [1.165, 1.54) is 26.9 Å². The molecule has 7 heterocycles. The van der Waals surface area contributed by atoms with Crippen LogP contribution in [0.3, 0.4) is 0 Å². The molecule has 0 fully saturated rings. The largest absolute Gasteiger partial charge is 0.456 e. The molecular weight excluding hydrogens is 1330 g/mol. The summed E-state index contributed by atoms with van der Waals surface area (Å²) in [6.45, 7) is 0. The average Bonchev–Trinajstić information content (AvgIpc) is 1.68. The highest BCUT2D eigenvalue weighted by molar-refractivity contribution is 6.28. The van der Waals surface area contributed by atoms with E-state index in [-0.39, 0.29) is 0 Å². The van der Waals surface area contributed by atoms with E-state index in [9.17, 15) is 0 Å². The lowest BCUT2D eigenvalue weighted by atomic mass is 9.91. The SMILES string of the molecule is c1ccc(-c2nc(-c3ccc4c5ccccc5c5ccccc5c4c3)nc(-c3cccc4c3c3ccccc3c3nc5ccc(-c6ccc7c(c6)c6ccccc6c6ccc(-c8nc(-c9cccc%10oc%11ccccc%11c9%10)nc(-c9cccc%10nc%11c%12ccccc%12c%12ccccc%12n%11c9%10)n8)cc67)cc5n43)n2)cc1. The number of benzene rings is 17. The van der Waals surface area contributed by atoms with Gasteiger partial charge in [-0.2, -0.15) is 0 Å². The number of hydrogen-bond donors (Lipinski definition) is 0. The molecule has 0 spiro atoms. The van der Waals surface area contributed by atoms with Crippen molar-refractivity contribution in [1.29, 1.82) is 0 Å². The Balaban J connectivity index is 0.678. The smallest absolute Gasteiger partial charge is 0.166 e. The zero-order valence-electron chi connectivity index (χ0n) is 58.1. The molecule has 17 aromatic carbocycles. The van der Waals surface area contributed by atoms with E-state index in [0.29, 0.717) is 34.9 Å². The van der Waals surface area contributed by atoms with Gasteiger partial charge < -0.3 is 4.42 Å². The second-order valence-electron chi connectivity index (χ2n) is 28.4. The minimum Gasteiger partial charge on any atom is -0.456 e. The normalized spacial score (nSPS) is 12.2. The molecule has 0 aliphatic rings. The maximum Gasteiger partial charge on any atom is 0.166 e. The van der Waals surface area contributed by atoms with Gasteiger partial charge in [0.25, 0.3) is 0 Å². The van der Waals surface area contributed by atoms with Crippen molar-refractivity contribution in [3.63, 3.8) is 0 Å². The lowest BCUT2D eigenvalue weighted by molar-refractivity contribution is 0.669. The van der Waals surface area contributed by atoms with Gasteiger partial charge >= 0.3 is 0 Å². The van der Waals surface area contributed by atoms with E-state index in [0.717, 1.165) is 181 Å². The van der Waals surface area contributed by atoms with Crippen LogP contribution in [0.5, 0.6) is 0 Å². The zero-order chi connectivity index (χ0) is 71.1. The molecule has 0 N–H and O–H groups in total. The van der Waals surface area contributed by atoms with Crippen molar-refractivity contribution >= 4 is 163 Å². The quantitative estimate of drug-likeness (QED) is 0.143. The van der Waals surface area contributed by atoms with E-state index >= 15 is 0 Å². The fourth-order valence-corrected chi connectivity index (χ4v) is 17.7. The van der Waals surface area contributed by atoms with Gasteiger partial charge in [0, 0.05) is 65.7 Å². The fourth-order valence-electron chi connectivity index (χ4n) is 17.7. The molecule has 24 aromatic rings. The monoisotopic (exact) mass is 1390 g/mol. The number of imidazole rings is 2. The van der Waals surface area contributed by atoms with Crippen LogP contribution in [0.2, 0.25) is 0 Å². The molecule has 0 saturated heterocycles. The molecule has 0 atom stereocenters. The van der Waals surface area contributed by atoms with Crippen LogP contribution in [0.15, 0.2) is 332 Å². The number of hydrogen-bond acceptors (Lipinski definition) is 9. The molecule has 502 valence electrons. The molecule has 109 heavy (non-hydrogen) atoms. The van der Waals surface area contributed by atoms with Crippen molar-refractivity contribution in [2.75, 3.05) is 0 Å². The maximum absolute atomic E-state index is 6.51. The second kappa shape index (κ2) is 22.8. The van der Waals surface area contributed by atoms with Gasteiger partial charge in [-0.05, 0) is 153 Å². The van der Waals surface area contributed by atoms with Gasteiger partial charge in [0.05, 0.1) is 33.1 Å². The van der Waals surface area contributed by atoms with Crippen LogP contribution in [-0.2, 0) is 0 Å². The molecule has 0 bridgehead atoms. The lowest BCUT2D eigenvalue weighted by Gasteiger charge is -2.15. The number of pyridine rings is 2. The van der Waals surface area contributed by atoms with Crippen LogP contribution >= 0.6 is 0 Å². The molecule has 0 aliphatic carbocycles. The number of nitrogens with zero attached hydrogens (tertiary/aromatic N) is 10. The van der Waals surface area contributed by atoms with E-state index in [2.05, 4.69) is 288 Å². The summed E-state index contributed by atoms with van der Waals surface area (Å²) in [6, 6.07) is 116. The third-order valence-electron chi connectivity index (χ3n) is 22.5. The Bertz CT molecular complexity index is 8100. The molecule has 11 nitrogen and oxygen atoms in total. The van der Waals surface area contributed by atoms with Crippen molar-refractivity contribution in [2.24, 2.45) is 0 Å². The molecule has 0 aliphatic heterocycles. The topological polar surface area (TPSA) is 125 Å². The predicted molar refractivity (Wildman–Crippen MR) is 446 cm³/mol. The number of fused-ring (bicyclic) bond motifs is 31. The first kappa shape index (κ1) is 59.4. The standard InChI is InChI=1S/C98H54N10O/c1-2-21-55(22-3-1)91-101-92(58-44-48-67-62-25-5-4-23-60(62)61-24-6-8-27-64(61)79(67)52-58)103-94(102-91)75-35-19-40-84-88(75)71-31-11-13-33-73(71)97-99-81-50-46-57(54-85(81)107(84)97)56-43-47-69-78(51-56)65-28-9-7-26-63(65)68-49-45-59(53-80(68)69)93-104-95(76-36-20-42-87-89(76)74-34-15-17-41-86(74)109-87)106-96(105-93)77-37-18-38-82-90(77)108-83-39-16-14-30-70(83)66-29-10-12-32-72(66)98(108)100-82/h1-54H. The average molecular weight is 1390 g/mol. The van der Waals surface area contributed by atoms with E-state index < -0.39 is 0 Å². The molecule has 0 unspecified atom stereocenters. The zero-order valence-corrected chi connectivity index (χ0v) is 58.1. The minimum atomic E-state index is 0.530. The van der Waals surface area contributed by atoms with Crippen LogP contribution in [-0.4, -0.2) is 48.7 Å². The Morgan fingerprint density at radius 3 is 1.24 bits per heavy atom. The van der Waals surface area contributed by atoms with E-state index in [4.69, 9.17) is 44.3 Å². The van der Waals surface area contributed by atoms with Crippen LogP contribution in [0.4, 0.5) is 0 Å². The van der Waals surface area contributed by atoms with Crippen molar-refractivity contribution in [1.82, 2.24) is 48.7 Å². The summed E-state index contributed by atoms with van der Waals surface area (Å²) >= 11 is 0. The van der Waals surface area contributed by atoms with Crippen LogP contribution in [0.1, 0.15) is 0 Å². The Kier molecular flexibility index (Phi) is 12.4. The summed E-state index contributed by atoms with van der Waals surface area (Å²) in [5, 5.41) is 22.3.